The van der Waals surface area contributed by atoms with Crippen molar-refractivity contribution in [3.8, 4) is 11.4 Å². The molecule has 218 valence electrons. The molecule has 9 nitrogen and oxygen atoms in total. The number of hydrogen-bond acceptors (Lipinski definition) is 5. The van der Waals surface area contributed by atoms with Crippen LogP contribution in [-0.2, 0) is 20.6 Å². The zero-order chi connectivity index (χ0) is 29.5. The van der Waals surface area contributed by atoms with Crippen molar-refractivity contribution in [2.24, 2.45) is 0 Å². The lowest BCUT2D eigenvalue weighted by Crippen LogP contribution is -2.49. The number of imidazole rings is 1. The molecule has 5 rings (SSSR count). The van der Waals surface area contributed by atoms with Gasteiger partial charge in [0.05, 0.1) is 13.2 Å². The molecule has 1 amide bonds. The monoisotopic (exact) mass is 591 g/mol. The minimum absolute atomic E-state index is 0.0690. The summed E-state index contributed by atoms with van der Waals surface area (Å²) >= 11 is 0. The molecule has 3 atom stereocenters. The summed E-state index contributed by atoms with van der Waals surface area (Å²) in [4.78, 5) is 35.2. The minimum atomic E-state index is -4.89. The molecule has 1 N–H and O–H groups in total. The molecular weight excluding hydrogens is 562 g/mol. The summed E-state index contributed by atoms with van der Waals surface area (Å²) in [6, 6.07) is 6.67. The van der Waals surface area contributed by atoms with E-state index < -0.39 is 38.0 Å². The molecule has 13 heteroatoms. The fourth-order valence-corrected chi connectivity index (χ4v) is 5.91. The summed E-state index contributed by atoms with van der Waals surface area (Å²) in [6.45, 7) is 1.34. The number of phosphoric ester groups is 1. The second-order valence-corrected chi connectivity index (χ2v) is 11.4. The van der Waals surface area contributed by atoms with Crippen LogP contribution in [0, 0.1) is 24.4 Å². The highest BCUT2D eigenvalue weighted by molar-refractivity contribution is 7.44. The molecule has 3 heterocycles. The first-order valence-electron chi connectivity index (χ1n) is 13.1. The number of amides is 1. The molecule has 0 saturated carbocycles. The number of aryl methyl sites for hydroxylation is 1. The van der Waals surface area contributed by atoms with Gasteiger partial charge in [-0.1, -0.05) is 6.07 Å². The Morgan fingerprint density at radius 1 is 1.17 bits per heavy atom. The highest BCUT2D eigenvalue weighted by Crippen LogP contribution is 2.41. The Morgan fingerprint density at radius 3 is 2.59 bits per heavy atom. The molecular formula is C28H29F3N3O6P. The molecule has 0 bridgehead atoms. The number of nitrogens with zero attached hydrogens (tertiary/aromatic N) is 3. The van der Waals surface area contributed by atoms with E-state index in [-0.39, 0.29) is 17.5 Å². The summed E-state index contributed by atoms with van der Waals surface area (Å²) in [5, 5.41) is 0. The maximum Gasteiger partial charge on any atom is 0.268 e. The van der Waals surface area contributed by atoms with Gasteiger partial charge in [-0.2, -0.15) is 4.57 Å². The van der Waals surface area contributed by atoms with Gasteiger partial charge in [-0.25, -0.2) is 17.7 Å². The maximum absolute atomic E-state index is 14.0. The molecule has 0 spiro atoms. The van der Waals surface area contributed by atoms with Crippen LogP contribution in [0.4, 0.5) is 13.2 Å². The average molecular weight is 592 g/mol. The summed E-state index contributed by atoms with van der Waals surface area (Å²) in [5.41, 5.74) is 2.79. The molecule has 1 aromatic heterocycles. The highest BCUT2D eigenvalue weighted by atomic mass is 31.2. The largest absolute Gasteiger partial charge is 0.756 e. The van der Waals surface area contributed by atoms with E-state index in [2.05, 4.69) is 4.52 Å². The Bertz CT molecular complexity index is 1550. The van der Waals surface area contributed by atoms with Crippen molar-refractivity contribution >= 4 is 19.8 Å². The number of aromatic nitrogens is 2. The van der Waals surface area contributed by atoms with E-state index in [0.717, 1.165) is 25.0 Å². The van der Waals surface area contributed by atoms with Crippen LogP contribution >= 0.6 is 7.82 Å². The van der Waals surface area contributed by atoms with Gasteiger partial charge in [0.15, 0.2) is 35.6 Å². The van der Waals surface area contributed by atoms with Crippen LogP contribution in [-0.4, -0.2) is 33.4 Å². The molecule has 41 heavy (non-hydrogen) atoms. The molecule has 0 aliphatic carbocycles. The zero-order valence-corrected chi connectivity index (χ0v) is 23.3. The van der Waals surface area contributed by atoms with Crippen LogP contribution in [0.1, 0.15) is 55.0 Å². The molecule has 0 radical (unpaired) electrons. The molecule has 2 aliphatic rings. The van der Waals surface area contributed by atoms with Crippen molar-refractivity contribution in [3.63, 3.8) is 0 Å². The van der Waals surface area contributed by atoms with E-state index in [4.69, 9.17) is 9.63 Å². The number of halogens is 3. The summed E-state index contributed by atoms with van der Waals surface area (Å²) in [7, 11) is -3.39. The Hall–Kier alpha value is -3.44. The fraction of sp³-hybridized carbons (Fsp3) is 0.357. The molecule has 1 unspecified atom stereocenters. The molecule has 2 aromatic carbocycles. The zero-order valence-electron chi connectivity index (χ0n) is 22.4. The van der Waals surface area contributed by atoms with Crippen molar-refractivity contribution in [1.29, 1.82) is 0 Å². The van der Waals surface area contributed by atoms with E-state index in [1.165, 1.54) is 11.7 Å². The predicted molar refractivity (Wildman–Crippen MR) is 139 cm³/mol. The van der Waals surface area contributed by atoms with Crippen LogP contribution in [0.5, 0.6) is 5.75 Å². The van der Waals surface area contributed by atoms with Gasteiger partial charge in [0, 0.05) is 18.5 Å². The third-order valence-electron chi connectivity index (χ3n) is 7.62. The van der Waals surface area contributed by atoms with Crippen LogP contribution in [0.2, 0.25) is 0 Å². The van der Waals surface area contributed by atoms with E-state index in [1.54, 1.807) is 53.2 Å². The standard InChI is InChI=1S/C28H29F3N3O6P/c1-17-14-32(15-33(17)16-40-41(36,37)38)25-9-6-18(11-26(25)39-2)10-19-7-8-21-4-3-5-24(34(21)28(19)35)20-12-22(29)27(31)23(30)13-20/h6,9-15,21,24H,3-5,7-8,16H2,1-2H3,(H-,36,37,38)/t21-,24-/m0/s1. The number of carbonyl (C=O) groups excluding carboxylic acids is 1. The fourth-order valence-electron chi connectivity index (χ4n) is 5.64. The van der Waals surface area contributed by atoms with E-state index in [1.807, 2.05) is 0 Å². The lowest BCUT2D eigenvalue weighted by atomic mass is 9.83. The summed E-state index contributed by atoms with van der Waals surface area (Å²) in [5.74, 6) is -3.82. The summed E-state index contributed by atoms with van der Waals surface area (Å²) in [6.07, 6.45) is 8.42. The Labute approximate surface area is 234 Å². The number of ether oxygens (including phenoxy) is 1. The Kier molecular flexibility index (Phi) is 8.11. The lowest BCUT2D eigenvalue weighted by Gasteiger charge is -2.46. The number of piperidine rings is 2. The molecule has 2 saturated heterocycles. The molecule has 3 aromatic rings. The van der Waals surface area contributed by atoms with Crippen LogP contribution in [0.25, 0.3) is 11.8 Å². The lowest BCUT2D eigenvalue weighted by molar-refractivity contribution is -0.731. The first kappa shape index (κ1) is 29.1. The third kappa shape index (κ3) is 6.11. The Balaban J connectivity index is 1.41. The van der Waals surface area contributed by atoms with Gasteiger partial charge >= 0.3 is 0 Å². The van der Waals surface area contributed by atoms with E-state index in [0.29, 0.717) is 47.5 Å². The minimum Gasteiger partial charge on any atom is -0.756 e. The van der Waals surface area contributed by atoms with Gasteiger partial charge < -0.3 is 19.4 Å². The second-order valence-electron chi connectivity index (χ2n) is 10.2. The van der Waals surface area contributed by atoms with Crippen LogP contribution in [0.3, 0.4) is 0 Å². The van der Waals surface area contributed by atoms with Crippen molar-refractivity contribution in [2.45, 2.75) is 57.8 Å². The van der Waals surface area contributed by atoms with Gasteiger partial charge in [-0.15, -0.1) is 0 Å². The average Bonchev–Trinajstić information content (AvgIpc) is 3.31. The molecule has 2 fully saturated rings. The number of hydrogen-bond donors (Lipinski definition) is 1. The van der Waals surface area contributed by atoms with Gasteiger partial charge in [-0.05, 0) is 73.6 Å². The Morgan fingerprint density at radius 2 is 1.90 bits per heavy atom. The number of fused-ring (bicyclic) bond motifs is 1. The number of carbonyl (C=O) groups is 1. The van der Waals surface area contributed by atoms with Gasteiger partial charge in [0.1, 0.15) is 11.9 Å². The van der Waals surface area contributed by atoms with E-state index >= 15 is 0 Å². The number of phosphoric acid groups is 1. The van der Waals surface area contributed by atoms with Crippen LogP contribution < -0.4 is 14.2 Å². The molecule has 2 aliphatic heterocycles. The normalized spacial score (nSPS) is 21.6. The maximum atomic E-state index is 14.0. The van der Waals surface area contributed by atoms with Crippen molar-refractivity contribution in [3.05, 3.63) is 82.7 Å². The first-order valence-corrected chi connectivity index (χ1v) is 14.6. The van der Waals surface area contributed by atoms with Crippen molar-refractivity contribution < 1.29 is 46.1 Å². The van der Waals surface area contributed by atoms with E-state index in [9.17, 15) is 27.4 Å². The number of rotatable bonds is 7. The first-order chi connectivity index (χ1) is 19.4. The quantitative estimate of drug-likeness (QED) is 0.191. The van der Waals surface area contributed by atoms with Crippen molar-refractivity contribution in [2.75, 3.05) is 7.11 Å². The summed E-state index contributed by atoms with van der Waals surface area (Å²) < 4.78 is 65.9. The predicted octanol–water partition coefficient (Wildman–Crippen LogP) is 4.23. The smallest absolute Gasteiger partial charge is 0.268 e. The van der Waals surface area contributed by atoms with Gasteiger partial charge in [-0.3, -0.25) is 13.9 Å². The number of methoxy groups -OCH3 is 1. The van der Waals surface area contributed by atoms with Gasteiger partial charge in [0.2, 0.25) is 0 Å². The third-order valence-corrected chi connectivity index (χ3v) is 8.06. The highest BCUT2D eigenvalue weighted by Gasteiger charge is 2.40. The number of benzene rings is 2. The SMILES string of the molecule is COc1cc(C=C2CC[C@@H]3CCC[C@@H](c4cc(F)c(F)c(F)c4)N3C2=O)ccc1-n1cc(C)[n+](COP(=O)([O-])O)c1. The van der Waals surface area contributed by atoms with Gasteiger partial charge in [0.25, 0.3) is 20.1 Å². The second kappa shape index (κ2) is 11.4. The van der Waals surface area contributed by atoms with Crippen LogP contribution in [0.15, 0.2) is 48.4 Å². The topological polar surface area (TPSA) is 108 Å². The van der Waals surface area contributed by atoms with Crippen molar-refractivity contribution in [1.82, 2.24) is 9.47 Å².